The van der Waals surface area contributed by atoms with Gasteiger partial charge >= 0.3 is 0 Å². The zero-order valence-corrected chi connectivity index (χ0v) is 12.3. The number of likely N-dealkylation sites (tertiary alicyclic amines) is 1. The van der Waals surface area contributed by atoms with Crippen molar-refractivity contribution in [2.24, 2.45) is 5.73 Å². The molecule has 1 fully saturated rings. The van der Waals surface area contributed by atoms with E-state index in [-0.39, 0.29) is 23.5 Å². The highest BCUT2D eigenvalue weighted by molar-refractivity contribution is 6.31. The predicted octanol–water partition coefficient (Wildman–Crippen LogP) is 1.12. The van der Waals surface area contributed by atoms with E-state index >= 15 is 0 Å². The van der Waals surface area contributed by atoms with Gasteiger partial charge in [-0.2, -0.15) is 0 Å². The second kappa shape index (κ2) is 6.41. The summed E-state index contributed by atoms with van der Waals surface area (Å²) in [5.74, 6) is -1.31. The average Bonchev–Trinajstić information content (AvgIpc) is 2.86. The van der Waals surface area contributed by atoms with E-state index < -0.39 is 17.8 Å². The van der Waals surface area contributed by atoms with Gasteiger partial charge in [0.05, 0.1) is 12.5 Å². The largest absolute Gasteiger partial charge is 0.380 e. The van der Waals surface area contributed by atoms with E-state index in [0.29, 0.717) is 18.5 Å². The summed E-state index contributed by atoms with van der Waals surface area (Å²) >= 11 is 5.91. The number of methoxy groups -OCH3 is 1. The van der Waals surface area contributed by atoms with Gasteiger partial charge in [-0.3, -0.25) is 9.59 Å². The van der Waals surface area contributed by atoms with E-state index in [1.165, 1.54) is 24.1 Å². The lowest BCUT2D eigenvalue weighted by molar-refractivity contribution is -0.136. The number of ether oxygens (including phenoxy) is 1. The average molecular weight is 315 g/mol. The molecule has 1 aromatic rings. The van der Waals surface area contributed by atoms with Gasteiger partial charge in [0, 0.05) is 25.1 Å². The minimum atomic E-state index is -0.679. The number of carbonyl (C=O) groups is 2. The Hall–Kier alpha value is -1.66. The smallest absolute Gasteiger partial charge is 0.240 e. The molecule has 0 aliphatic carbocycles. The molecule has 21 heavy (non-hydrogen) atoms. The van der Waals surface area contributed by atoms with E-state index in [9.17, 15) is 14.0 Å². The first kappa shape index (κ1) is 15.7. The summed E-state index contributed by atoms with van der Waals surface area (Å²) in [7, 11) is 1.52. The van der Waals surface area contributed by atoms with Crippen LogP contribution < -0.4 is 5.73 Å². The standard InChI is InChI=1S/C14H16ClFN2O3/c1-21-10-6-12(14(17)20)18(7-10)13(19)4-8-2-3-9(16)5-11(8)15/h2-3,5,10,12H,4,6-7H2,1H3,(H2,17,20)/t10-,12-/m0/s1. The fourth-order valence-corrected chi connectivity index (χ4v) is 2.68. The Morgan fingerprint density at radius 2 is 2.24 bits per heavy atom. The zero-order chi connectivity index (χ0) is 15.6. The minimum Gasteiger partial charge on any atom is -0.380 e. The van der Waals surface area contributed by atoms with Crippen LogP contribution in [0.3, 0.4) is 0 Å². The van der Waals surface area contributed by atoms with Gasteiger partial charge in [-0.15, -0.1) is 0 Å². The first-order chi connectivity index (χ1) is 9.92. The highest BCUT2D eigenvalue weighted by Gasteiger charge is 2.38. The fourth-order valence-electron chi connectivity index (χ4n) is 2.44. The van der Waals surface area contributed by atoms with Crippen molar-refractivity contribution in [2.45, 2.75) is 25.0 Å². The van der Waals surface area contributed by atoms with Crippen LogP contribution in [0.1, 0.15) is 12.0 Å². The van der Waals surface area contributed by atoms with Crippen molar-refractivity contribution in [1.82, 2.24) is 4.90 Å². The van der Waals surface area contributed by atoms with E-state index in [1.807, 2.05) is 0 Å². The van der Waals surface area contributed by atoms with Gasteiger partial charge in [0.15, 0.2) is 0 Å². The van der Waals surface area contributed by atoms with E-state index in [0.717, 1.165) is 6.07 Å². The van der Waals surface area contributed by atoms with Crippen molar-refractivity contribution in [3.63, 3.8) is 0 Å². The molecule has 7 heteroatoms. The quantitative estimate of drug-likeness (QED) is 0.905. The third-order valence-corrected chi connectivity index (χ3v) is 3.95. The van der Waals surface area contributed by atoms with Crippen molar-refractivity contribution < 1.29 is 18.7 Å². The maximum atomic E-state index is 13.0. The summed E-state index contributed by atoms with van der Waals surface area (Å²) in [6.07, 6.45) is 0.156. The van der Waals surface area contributed by atoms with E-state index in [1.54, 1.807) is 0 Å². The summed E-state index contributed by atoms with van der Waals surface area (Å²) in [5, 5.41) is 0.182. The Morgan fingerprint density at radius 1 is 1.52 bits per heavy atom. The van der Waals surface area contributed by atoms with Gasteiger partial charge in [0.25, 0.3) is 0 Å². The van der Waals surface area contributed by atoms with Gasteiger partial charge in [0.1, 0.15) is 11.9 Å². The topological polar surface area (TPSA) is 72.6 Å². The number of hydrogen-bond donors (Lipinski definition) is 1. The number of benzene rings is 1. The SMILES string of the molecule is CO[C@H]1C[C@@H](C(N)=O)N(C(=O)Cc2ccc(F)cc2Cl)C1. The van der Waals surface area contributed by atoms with Crippen LogP contribution in [-0.4, -0.2) is 42.5 Å². The number of nitrogens with two attached hydrogens (primary N) is 1. The molecule has 114 valence electrons. The van der Waals surface area contributed by atoms with Crippen LogP contribution in [0.5, 0.6) is 0 Å². The number of rotatable bonds is 4. The molecular formula is C14H16ClFN2O3. The van der Waals surface area contributed by atoms with Crippen LogP contribution in [0.4, 0.5) is 4.39 Å². The highest BCUT2D eigenvalue weighted by atomic mass is 35.5. The Labute approximate surface area is 126 Å². The molecule has 2 N–H and O–H groups in total. The lowest BCUT2D eigenvalue weighted by atomic mass is 10.1. The molecule has 0 spiro atoms. The van der Waals surface area contributed by atoms with Crippen LogP contribution in [-0.2, 0) is 20.7 Å². The van der Waals surface area contributed by atoms with Crippen molar-refractivity contribution in [3.05, 3.63) is 34.6 Å². The van der Waals surface area contributed by atoms with Gasteiger partial charge < -0.3 is 15.4 Å². The predicted molar refractivity (Wildman–Crippen MR) is 75.2 cm³/mol. The molecule has 1 aromatic carbocycles. The minimum absolute atomic E-state index is 0.0146. The molecule has 2 amide bonds. The van der Waals surface area contributed by atoms with Crippen LogP contribution >= 0.6 is 11.6 Å². The van der Waals surface area contributed by atoms with Gasteiger partial charge in [0.2, 0.25) is 11.8 Å². The molecule has 0 unspecified atom stereocenters. The fraction of sp³-hybridized carbons (Fsp3) is 0.429. The summed E-state index contributed by atoms with van der Waals surface area (Å²) < 4.78 is 18.2. The Kier molecular flexibility index (Phi) is 4.80. The Bertz CT molecular complexity index is 567. The van der Waals surface area contributed by atoms with Crippen molar-refractivity contribution >= 4 is 23.4 Å². The van der Waals surface area contributed by atoms with Crippen molar-refractivity contribution in [1.29, 1.82) is 0 Å². The molecule has 2 atom stereocenters. The molecule has 5 nitrogen and oxygen atoms in total. The number of amides is 2. The molecular weight excluding hydrogens is 299 g/mol. The zero-order valence-electron chi connectivity index (χ0n) is 11.5. The lowest BCUT2D eigenvalue weighted by Gasteiger charge is -2.22. The summed E-state index contributed by atoms with van der Waals surface area (Å²) in [5.41, 5.74) is 5.83. The second-order valence-corrected chi connectivity index (χ2v) is 5.38. The van der Waals surface area contributed by atoms with E-state index in [4.69, 9.17) is 22.1 Å². The van der Waals surface area contributed by atoms with E-state index in [2.05, 4.69) is 0 Å². The molecule has 0 bridgehead atoms. The van der Waals surface area contributed by atoms with Crippen molar-refractivity contribution in [3.8, 4) is 0 Å². The third kappa shape index (κ3) is 3.51. The number of halogens is 2. The van der Waals surface area contributed by atoms with Crippen LogP contribution in [0, 0.1) is 5.82 Å². The lowest BCUT2D eigenvalue weighted by Crippen LogP contribution is -2.44. The molecule has 2 rings (SSSR count). The maximum absolute atomic E-state index is 13.0. The molecule has 1 aliphatic rings. The molecule has 0 aromatic heterocycles. The third-order valence-electron chi connectivity index (χ3n) is 3.60. The molecule has 1 heterocycles. The summed E-state index contributed by atoms with van der Waals surface area (Å²) in [6, 6.07) is 3.17. The summed E-state index contributed by atoms with van der Waals surface area (Å²) in [4.78, 5) is 25.2. The van der Waals surface area contributed by atoms with Crippen LogP contribution in [0.15, 0.2) is 18.2 Å². The van der Waals surface area contributed by atoms with Gasteiger partial charge in [-0.1, -0.05) is 17.7 Å². The molecule has 0 radical (unpaired) electrons. The maximum Gasteiger partial charge on any atom is 0.240 e. The first-order valence-electron chi connectivity index (χ1n) is 6.48. The molecule has 1 aliphatic heterocycles. The Balaban J connectivity index is 2.13. The normalized spacial score (nSPS) is 21.6. The number of nitrogens with zero attached hydrogens (tertiary/aromatic N) is 1. The second-order valence-electron chi connectivity index (χ2n) is 4.97. The van der Waals surface area contributed by atoms with Gasteiger partial charge in [-0.25, -0.2) is 4.39 Å². The number of hydrogen-bond acceptors (Lipinski definition) is 3. The Morgan fingerprint density at radius 3 is 2.81 bits per heavy atom. The first-order valence-corrected chi connectivity index (χ1v) is 6.85. The summed E-state index contributed by atoms with van der Waals surface area (Å²) in [6.45, 7) is 0.307. The van der Waals surface area contributed by atoms with Gasteiger partial charge in [-0.05, 0) is 17.7 Å². The molecule has 1 saturated heterocycles. The van der Waals surface area contributed by atoms with Crippen LogP contribution in [0.2, 0.25) is 5.02 Å². The number of primary amides is 1. The monoisotopic (exact) mass is 314 g/mol. The van der Waals surface area contributed by atoms with Crippen molar-refractivity contribution in [2.75, 3.05) is 13.7 Å². The molecule has 0 saturated carbocycles. The number of carbonyl (C=O) groups excluding carboxylic acids is 2. The highest BCUT2D eigenvalue weighted by Crippen LogP contribution is 2.23. The van der Waals surface area contributed by atoms with Crippen LogP contribution in [0.25, 0.3) is 0 Å².